The first-order chi connectivity index (χ1) is 13.4. The van der Waals surface area contributed by atoms with Gasteiger partial charge in [0.25, 0.3) is 0 Å². The Kier molecular flexibility index (Phi) is 6.18. The van der Waals surface area contributed by atoms with Gasteiger partial charge in [0, 0.05) is 6.07 Å². The van der Waals surface area contributed by atoms with Gasteiger partial charge in [-0.25, -0.2) is 0 Å². The molecule has 1 saturated heterocycles. The van der Waals surface area contributed by atoms with Crippen LogP contribution in [0.15, 0.2) is 42.5 Å². The number of aliphatic hydroxyl groups is 4. The zero-order valence-corrected chi connectivity index (χ0v) is 14.8. The standard InChI is InChI=1S/C20H22O8/c21-10-16-17(24)18(25)19(26)20(28-16)27-15-8-12(7-14(23)9-15)2-1-11-3-5-13(22)6-4-11/h1-9,16-26H,10H2/b2-1-/t16-,17-,18+,19-,20-/m1/s1. The number of aromatic hydroxyl groups is 2. The van der Waals surface area contributed by atoms with Crippen molar-refractivity contribution in [1.29, 1.82) is 0 Å². The zero-order chi connectivity index (χ0) is 20.3. The van der Waals surface area contributed by atoms with Gasteiger partial charge in [-0.05, 0) is 35.4 Å². The average Bonchev–Trinajstić information content (AvgIpc) is 2.67. The zero-order valence-electron chi connectivity index (χ0n) is 14.8. The topological polar surface area (TPSA) is 140 Å². The Hall–Kier alpha value is -2.62. The van der Waals surface area contributed by atoms with Crippen LogP contribution >= 0.6 is 0 Å². The Balaban J connectivity index is 1.76. The third kappa shape index (κ3) is 4.61. The van der Waals surface area contributed by atoms with Gasteiger partial charge in [0.2, 0.25) is 6.29 Å². The predicted molar refractivity (Wildman–Crippen MR) is 99.5 cm³/mol. The number of hydrogen-bond donors (Lipinski definition) is 6. The maximum Gasteiger partial charge on any atom is 0.229 e. The van der Waals surface area contributed by atoms with Crippen molar-refractivity contribution < 1.29 is 40.1 Å². The number of aliphatic hydroxyl groups excluding tert-OH is 4. The molecule has 1 heterocycles. The van der Waals surface area contributed by atoms with Gasteiger partial charge in [0.15, 0.2) is 0 Å². The van der Waals surface area contributed by atoms with E-state index in [1.807, 2.05) is 0 Å². The van der Waals surface area contributed by atoms with Crippen molar-refractivity contribution in [2.45, 2.75) is 30.7 Å². The number of phenolic OH excluding ortho intramolecular Hbond substituents is 2. The molecule has 0 aromatic heterocycles. The lowest BCUT2D eigenvalue weighted by molar-refractivity contribution is -0.277. The van der Waals surface area contributed by atoms with E-state index in [0.29, 0.717) is 5.56 Å². The van der Waals surface area contributed by atoms with Gasteiger partial charge in [-0.15, -0.1) is 0 Å². The summed E-state index contributed by atoms with van der Waals surface area (Å²) < 4.78 is 10.8. The second kappa shape index (κ2) is 8.59. The summed E-state index contributed by atoms with van der Waals surface area (Å²) in [6, 6.07) is 10.9. The van der Waals surface area contributed by atoms with Crippen LogP contribution in [0.25, 0.3) is 12.2 Å². The Bertz CT molecular complexity index is 817. The maximum absolute atomic E-state index is 10.1. The lowest BCUT2D eigenvalue weighted by Gasteiger charge is -2.39. The normalized spacial score (nSPS) is 27.8. The van der Waals surface area contributed by atoms with Crippen LogP contribution < -0.4 is 4.74 Å². The smallest absolute Gasteiger partial charge is 0.229 e. The van der Waals surface area contributed by atoms with E-state index in [1.54, 1.807) is 42.5 Å². The summed E-state index contributed by atoms with van der Waals surface area (Å²) in [7, 11) is 0. The van der Waals surface area contributed by atoms with Crippen LogP contribution in [0.4, 0.5) is 0 Å². The largest absolute Gasteiger partial charge is 0.508 e. The van der Waals surface area contributed by atoms with Crippen molar-refractivity contribution in [2.75, 3.05) is 6.61 Å². The molecule has 1 aliphatic rings. The number of hydrogen-bond acceptors (Lipinski definition) is 8. The SMILES string of the molecule is OC[C@H]1O[C@@H](Oc2cc(O)cc(/C=C\c3ccc(O)cc3)c2)[C@H](O)[C@@H](O)[C@@H]1O. The van der Waals surface area contributed by atoms with Crippen LogP contribution in [0.2, 0.25) is 0 Å². The molecule has 1 aliphatic heterocycles. The van der Waals surface area contributed by atoms with E-state index in [0.717, 1.165) is 5.56 Å². The van der Waals surface area contributed by atoms with Gasteiger partial charge in [-0.3, -0.25) is 0 Å². The van der Waals surface area contributed by atoms with Crippen LogP contribution in [0.5, 0.6) is 17.2 Å². The molecule has 0 unspecified atom stereocenters. The lowest BCUT2D eigenvalue weighted by Crippen LogP contribution is -2.60. The molecular formula is C20H22O8. The molecule has 28 heavy (non-hydrogen) atoms. The third-order valence-corrected chi connectivity index (χ3v) is 4.38. The van der Waals surface area contributed by atoms with Gasteiger partial charge >= 0.3 is 0 Å². The molecule has 1 fully saturated rings. The highest BCUT2D eigenvalue weighted by atomic mass is 16.7. The summed E-state index contributed by atoms with van der Waals surface area (Å²) in [6.45, 7) is -0.564. The summed E-state index contributed by atoms with van der Waals surface area (Å²) in [5.41, 5.74) is 1.42. The first kappa shape index (κ1) is 20.1. The fraction of sp³-hybridized carbons (Fsp3) is 0.300. The summed E-state index contributed by atoms with van der Waals surface area (Å²) in [6.07, 6.45) is -3.52. The van der Waals surface area contributed by atoms with Crippen LogP contribution in [0.1, 0.15) is 11.1 Å². The number of phenols is 2. The molecule has 2 aromatic carbocycles. The second-order valence-corrected chi connectivity index (χ2v) is 6.50. The van der Waals surface area contributed by atoms with Crippen molar-refractivity contribution in [2.24, 2.45) is 0 Å². The molecule has 8 heteroatoms. The van der Waals surface area contributed by atoms with E-state index in [1.165, 1.54) is 12.1 Å². The van der Waals surface area contributed by atoms with Crippen molar-refractivity contribution in [3.8, 4) is 17.2 Å². The molecule has 0 aliphatic carbocycles. The van der Waals surface area contributed by atoms with Crippen molar-refractivity contribution in [3.63, 3.8) is 0 Å². The summed E-state index contributed by atoms with van der Waals surface area (Å²) >= 11 is 0. The molecule has 6 N–H and O–H groups in total. The fourth-order valence-electron chi connectivity index (χ4n) is 2.85. The van der Waals surface area contributed by atoms with Crippen LogP contribution in [0.3, 0.4) is 0 Å². The monoisotopic (exact) mass is 390 g/mol. The molecule has 0 saturated carbocycles. The van der Waals surface area contributed by atoms with Crippen LogP contribution in [-0.2, 0) is 4.74 Å². The molecule has 8 nitrogen and oxygen atoms in total. The van der Waals surface area contributed by atoms with Crippen LogP contribution in [0, 0.1) is 0 Å². The van der Waals surface area contributed by atoms with Gasteiger partial charge in [-0.2, -0.15) is 0 Å². The first-order valence-electron chi connectivity index (χ1n) is 8.65. The highest BCUT2D eigenvalue weighted by Gasteiger charge is 2.44. The second-order valence-electron chi connectivity index (χ2n) is 6.50. The molecular weight excluding hydrogens is 368 g/mol. The Morgan fingerprint density at radius 3 is 2.18 bits per heavy atom. The van der Waals surface area contributed by atoms with Crippen molar-refractivity contribution in [1.82, 2.24) is 0 Å². The van der Waals surface area contributed by atoms with Gasteiger partial charge in [-0.1, -0.05) is 24.3 Å². The summed E-state index contributed by atoms with van der Waals surface area (Å²) in [5, 5.41) is 58.2. The molecule has 0 spiro atoms. The van der Waals surface area contributed by atoms with E-state index in [4.69, 9.17) is 9.47 Å². The maximum atomic E-state index is 10.1. The Labute approximate surface area is 161 Å². The van der Waals surface area contributed by atoms with Crippen LogP contribution in [-0.4, -0.2) is 68.0 Å². The average molecular weight is 390 g/mol. The minimum Gasteiger partial charge on any atom is -0.508 e. The number of rotatable bonds is 5. The van der Waals surface area contributed by atoms with Crippen molar-refractivity contribution in [3.05, 3.63) is 53.6 Å². The molecule has 2 aromatic rings. The van der Waals surface area contributed by atoms with Gasteiger partial charge in [0.05, 0.1) is 6.61 Å². The third-order valence-electron chi connectivity index (χ3n) is 4.38. The van der Waals surface area contributed by atoms with E-state index < -0.39 is 37.3 Å². The summed E-state index contributed by atoms with van der Waals surface area (Å²) in [4.78, 5) is 0. The van der Waals surface area contributed by atoms with E-state index in [-0.39, 0.29) is 17.2 Å². The molecule has 150 valence electrons. The van der Waals surface area contributed by atoms with Crippen molar-refractivity contribution >= 4 is 12.2 Å². The Morgan fingerprint density at radius 1 is 0.821 bits per heavy atom. The minimum absolute atomic E-state index is 0.0903. The molecule has 0 amide bonds. The van der Waals surface area contributed by atoms with E-state index in [9.17, 15) is 30.6 Å². The fourth-order valence-corrected chi connectivity index (χ4v) is 2.85. The van der Waals surface area contributed by atoms with E-state index >= 15 is 0 Å². The molecule has 5 atom stereocenters. The highest BCUT2D eigenvalue weighted by Crippen LogP contribution is 2.28. The number of ether oxygens (including phenoxy) is 2. The van der Waals surface area contributed by atoms with Gasteiger partial charge in [0.1, 0.15) is 41.7 Å². The number of benzene rings is 2. The highest BCUT2D eigenvalue weighted by molar-refractivity contribution is 5.71. The first-order valence-corrected chi connectivity index (χ1v) is 8.65. The molecule has 0 radical (unpaired) electrons. The predicted octanol–water partition coefficient (Wildman–Crippen LogP) is 0.447. The van der Waals surface area contributed by atoms with E-state index in [2.05, 4.69) is 0 Å². The molecule has 0 bridgehead atoms. The van der Waals surface area contributed by atoms with Gasteiger partial charge < -0.3 is 40.1 Å². The summed E-state index contributed by atoms with van der Waals surface area (Å²) in [5.74, 6) is 0.229. The molecule has 3 rings (SSSR count). The quantitative estimate of drug-likeness (QED) is 0.405. The Morgan fingerprint density at radius 2 is 1.50 bits per heavy atom. The lowest BCUT2D eigenvalue weighted by atomic mass is 9.99. The minimum atomic E-state index is -1.55.